The van der Waals surface area contributed by atoms with E-state index >= 15 is 0 Å². The molecule has 5 nitrogen and oxygen atoms in total. The summed E-state index contributed by atoms with van der Waals surface area (Å²) in [6, 6.07) is 6.68. The Kier molecular flexibility index (Phi) is 4.75. The topological polar surface area (TPSA) is 91.7 Å². The summed E-state index contributed by atoms with van der Waals surface area (Å²) >= 11 is 1.51. The molecule has 2 rings (SSSR count). The third-order valence-electron chi connectivity index (χ3n) is 3.97. The number of rotatable bonds is 5. The fraction of sp³-hybridized carbons (Fsp3) is 0.235. The molecule has 0 fully saturated rings. The van der Waals surface area contributed by atoms with Gasteiger partial charge in [0, 0.05) is 16.0 Å². The molecule has 0 spiro atoms. The van der Waals surface area contributed by atoms with Gasteiger partial charge in [-0.25, -0.2) is 4.79 Å². The van der Waals surface area contributed by atoms with Gasteiger partial charge in [0.2, 0.25) is 0 Å². The molecule has 2 N–H and O–H groups in total. The van der Waals surface area contributed by atoms with Crippen LogP contribution in [0.1, 0.15) is 17.3 Å². The Morgan fingerprint density at radius 3 is 2.22 bits per heavy atom. The lowest BCUT2D eigenvalue weighted by molar-refractivity contribution is -0.147. The molecule has 120 valence electrons. The van der Waals surface area contributed by atoms with Gasteiger partial charge in [0.15, 0.2) is 5.78 Å². The van der Waals surface area contributed by atoms with E-state index in [1.165, 1.54) is 36.9 Å². The minimum absolute atomic E-state index is 0.212. The van der Waals surface area contributed by atoms with Crippen LogP contribution in [0.15, 0.2) is 53.0 Å². The first-order chi connectivity index (χ1) is 10.8. The highest BCUT2D eigenvalue weighted by Crippen LogP contribution is 2.40. The number of hydrogen-bond donors (Lipinski definition) is 2. The first-order valence-corrected chi connectivity index (χ1v) is 8.08. The summed E-state index contributed by atoms with van der Waals surface area (Å²) in [7, 11) is 0. The van der Waals surface area contributed by atoms with Crippen molar-refractivity contribution in [1.82, 2.24) is 0 Å². The van der Waals surface area contributed by atoms with Crippen LogP contribution in [-0.4, -0.2) is 34.2 Å². The third-order valence-corrected chi connectivity index (χ3v) is 4.72. The van der Waals surface area contributed by atoms with Crippen molar-refractivity contribution < 1.29 is 24.6 Å². The van der Waals surface area contributed by atoms with Crippen molar-refractivity contribution in [3.8, 4) is 0 Å². The molecule has 0 saturated heterocycles. The van der Waals surface area contributed by atoms with E-state index in [2.05, 4.69) is 0 Å². The van der Waals surface area contributed by atoms with Crippen molar-refractivity contribution in [2.45, 2.75) is 11.8 Å². The van der Waals surface area contributed by atoms with Crippen LogP contribution in [0.2, 0.25) is 0 Å². The maximum Gasteiger partial charge on any atom is 0.332 e. The van der Waals surface area contributed by atoms with Crippen molar-refractivity contribution in [1.29, 1.82) is 0 Å². The predicted octanol–water partition coefficient (Wildman–Crippen LogP) is 2.88. The summed E-state index contributed by atoms with van der Waals surface area (Å²) in [6.07, 6.45) is 5.92. The fourth-order valence-electron chi connectivity index (χ4n) is 2.59. The molecule has 0 aromatic heterocycles. The fourth-order valence-corrected chi connectivity index (χ4v) is 3.00. The molecule has 0 amide bonds. The Morgan fingerprint density at radius 2 is 1.74 bits per heavy atom. The van der Waals surface area contributed by atoms with Crippen molar-refractivity contribution in [2.24, 2.45) is 11.3 Å². The first-order valence-electron chi connectivity index (χ1n) is 6.85. The molecule has 0 bridgehead atoms. The highest BCUT2D eigenvalue weighted by molar-refractivity contribution is 7.98. The van der Waals surface area contributed by atoms with E-state index in [0.29, 0.717) is 5.56 Å². The Hall–Kier alpha value is -2.34. The number of thioether (sulfide) groups is 1. The van der Waals surface area contributed by atoms with E-state index in [1.54, 1.807) is 24.3 Å². The Morgan fingerprint density at radius 1 is 1.13 bits per heavy atom. The molecular formula is C17H16O5S. The van der Waals surface area contributed by atoms with Gasteiger partial charge in [-0.3, -0.25) is 9.59 Å². The van der Waals surface area contributed by atoms with Crippen LogP contribution in [0.4, 0.5) is 0 Å². The summed E-state index contributed by atoms with van der Waals surface area (Å²) in [4.78, 5) is 36.9. The van der Waals surface area contributed by atoms with Gasteiger partial charge in [-0.1, -0.05) is 30.4 Å². The van der Waals surface area contributed by atoms with E-state index in [4.69, 9.17) is 0 Å². The maximum absolute atomic E-state index is 12.8. The average molecular weight is 332 g/mol. The van der Waals surface area contributed by atoms with E-state index in [0.717, 1.165) is 4.90 Å². The van der Waals surface area contributed by atoms with Gasteiger partial charge in [0.25, 0.3) is 0 Å². The molecule has 1 aromatic rings. The smallest absolute Gasteiger partial charge is 0.332 e. The summed E-state index contributed by atoms with van der Waals surface area (Å²) < 4.78 is 0. The minimum atomic E-state index is -1.60. The zero-order valence-corrected chi connectivity index (χ0v) is 13.5. The van der Waals surface area contributed by atoms with Gasteiger partial charge in [-0.05, 0) is 25.3 Å². The standard InChI is InChI=1S/C17H16O5S/c1-17(16(21)22)9-3-4-12(15(19)20)13(17)14(18)10-5-7-11(23-2)8-6-10/h3-9,13H,1-2H3,(H,19,20)(H,21,22). The van der Waals surface area contributed by atoms with Gasteiger partial charge in [-0.2, -0.15) is 0 Å². The quantitative estimate of drug-likeness (QED) is 0.636. The molecule has 1 aromatic carbocycles. The zero-order chi connectivity index (χ0) is 17.2. The molecule has 23 heavy (non-hydrogen) atoms. The van der Waals surface area contributed by atoms with Crippen LogP contribution in [0.3, 0.4) is 0 Å². The number of Topliss-reactive ketones (excluding diaryl/α,β-unsaturated/α-hetero) is 1. The Balaban J connectivity index is 2.51. The lowest BCUT2D eigenvalue weighted by Crippen LogP contribution is -2.42. The van der Waals surface area contributed by atoms with Crippen molar-refractivity contribution in [3.63, 3.8) is 0 Å². The van der Waals surface area contributed by atoms with Crippen LogP contribution >= 0.6 is 11.8 Å². The van der Waals surface area contributed by atoms with Gasteiger partial charge >= 0.3 is 11.9 Å². The second-order valence-corrected chi connectivity index (χ2v) is 6.28. The van der Waals surface area contributed by atoms with E-state index in [9.17, 15) is 24.6 Å². The van der Waals surface area contributed by atoms with Gasteiger partial charge in [0.1, 0.15) is 0 Å². The van der Waals surface area contributed by atoms with Gasteiger partial charge in [0.05, 0.1) is 11.3 Å². The number of carbonyl (C=O) groups is 3. The molecule has 0 radical (unpaired) electrons. The molecule has 0 heterocycles. The molecule has 2 unspecified atom stereocenters. The summed E-state index contributed by atoms with van der Waals surface area (Å²) in [5, 5.41) is 18.9. The molecule has 1 aliphatic carbocycles. The summed E-state index contributed by atoms with van der Waals surface area (Å²) in [6.45, 7) is 1.36. The number of ketones is 1. The lowest BCUT2D eigenvalue weighted by Gasteiger charge is -2.32. The van der Waals surface area contributed by atoms with Crippen molar-refractivity contribution in [3.05, 3.63) is 53.6 Å². The van der Waals surface area contributed by atoms with Crippen LogP contribution < -0.4 is 0 Å². The zero-order valence-electron chi connectivity index (χ0n) is 12.6. The highest BCUT2D eigenvalue weighted by atomic mass is 32.2. The van der Waals surface area contributed by atoms with E-state index < -0.39 is 29.1 Å². The van der Waals surface area contributed by atoms with Crippen LogP contribution in [0, 0.1) is 11.3 Å². The number of benzene rings is 1. The molecule has 2 atom stereocenters. The number of carboxylic acids is 2. The second kappa shape index (κ2) is 6.42. The molecule has 6 heteroatoms. The SMILES string of the molecule is CSc1ccc(C(=O)C2C(C(=O)O)=CC=CC2(C)C(=O)O)cc1. The number of carboxylic acid groups (broad SMARTS) is 2. The molecular weight excluding hydrogens is 316 g/mol. The second-order valence-electron chi connectivity index (χ2n) is 5.40. The maximum atomic E-state index is 12.8. The summed E-state index contributed by atoms with van der Waals surface area (Å²) in [5.74, 6) is -4.32. The number of hydrogen-bond acceptors (Lipinski definition) is 4. The van der Waals surface area contributed by atoms with Crippen molar-refractivity contribution in [2.75, 3.05) is 6.26 Å². The molecule has 0 aliphatic heterocycles. The monoisotopic (exact) mass is 332 g/mol. The van der Waals surface area contributed by atoms with Gasteiger partial charge < -0.3 is 10.2 Å². The minimum Gasteiger partial charge on any atom is -0.481 e. The largest absolute Gasteiger partial charge is 0.481 e. The normalized spacial score (nSPS) is 23.2. The van der Waals surface area contributed by atoms with Crippen LogP contribution in [-0.2, 0) is 9.59 Å². The predicted molar refractivity (Wildman–Crippen MR) is 86.6 cm³/mol. The van der Waals surface area contributed by atoms with Gasteiger partial charge in [-0.15, -0.1) is 11.8 Å². The van der Waals surface area contributed by atoms with Crippen LogP contribution in [0.25, 0.3) is 0 Å². The first kappa shape index (κ1) is 17.0. The average Bonchev–Trinajstić information content (AvgIpc) is 2.53. The number of aliphatic carboxylic acids is 2. The number of allylic oxidation sites excluding steroid dienone is 2. The van der Waals surface area contributed by atoms with Crippen molar-refractivity contribution >= 4 is 29.5 Å². The van der Waals surface area contributed by atoms with E-state index in [1.807, 2.05) is 6.26 Å². The Bertz CT molecular complexity index is 717. The summed E-state index contributed by atoms with van der Waals surface area (Å²) in [5.41, 5.74) is -1.52. The molecule has 1 aliphatic rings. The highest BCUT2D eigenvalue weighted by Gasteiger charge is 2.48. The number of carbonyl (C=O) groups excluding carboxylic acids is 1. The third kappa shape index (κ3) is 3.07. The van der Waals surface area contributed by atoms with Crippen LogP contribution in [0.5, 0.6) is 0 Å². The molecule has 0 saturated carbocycles. The van der Waals surface area contributed by atoms with E-state index in [-0.39, 0.29) is 5.57 Å². The Labute approximate surface area is 137 Å². The lowest BCUT2D eigenvalue weighted by atomic mass is 9.67.